The molecule has 3 aromatic rings. The molecule has 2 N–H and O–H groups in total. The van der Waals surface area contributed by atoms with E-state index in [4.69, 9.17) is 4.18 Å². The van der Waals surface area contributed by atoms with Crippen LogP contribution in [-0.4, -0.2) is 26.1 Å². The molecule has 0 fully saturated rings. The molecule has 8 nitrogen and oxygen atoms in total. The Morgan fingerprint density at radius 3 is 2.39 bits per heavy atom. The van der Waals surface area contributed by atoms with E-state index in [9.17, 15) is 22.8 Å². The van der Waals surface area contributed by atoms with E-state index in [1.165, 1.54) is 36.4 Å². The molecule has 0 aliphatic carbocycles. The monoisotopic (exact) mass is 436 g/mol. The van der Waals surface area contributed by atoms with Crippen LogP contribution in [0.3, 0.4) is 0 Å². The second-order valence-corrected chi connectivity index (χ2v) is 8.27. The van der Waals surface area contributed by atoms with Crippen LogP contribution in [0.15, 0.2) is 77.7 Å². The Kier molecular flexibility index (Phi) is 5.26. The number of carbonyl (C=O) groups is 3. The van der Waals surface area contributed by atoms with Gasteiger partial charge in [0.25, 0.3) is 17.7 Å². The summed E-state index contributed by atoms with van der Waals surface area (Å²) in [5, 5.41) is 4.85. The maximum atomic E-state index is 12.6. The summed E-state index contributed by atoms with van der Waals surface area (Å²) in [5.74, 6) is -1.71. The van der Waals surface area contributed by atoms with Crippen molar-refractivity contribution in [1.82, 2.24) is 10.6 Å². The van der Waals surface area contributed by atoms with Crippen LogP contribution in [0.4, 0.5) is 0 Å². The molecule has 3 aromatic carbocycles. The first-order valence-corrected chi connectivity index (χ1v) is 10.6. The minimum Gasteiger partial charge on any atom is -0.379 e. The highest BCUT2D eigenvalue weighted by molar-refractivity contribution is 7.87. The zero-order valence-electron chi connectivity index (χ0n) is 16.0. The standard InChI is InChI=1S/C22H16N2O6S/c25-20(23-13-14-5-2-1-3-6-14)15-7-4-8-16(11-15)30-31(28,29)17-9-10-18-19(12-17)22(27)24-21(18)26/h1-12H,13H2,(H,23,25)(H,24,26,27). The predicted octanol–water partition coefficient (Wildman–Crippen LogP) is 2.27. The molecule has 1 heterocycles. The number of rotatable bonds is 6. The normalized spacial score (nSPS) is 12.8. The average molecular weight is 436 g/mol. The Hall–Kier alpha value is -3.98. The van der Waals surface area contributed by atoms with Gasteiger partial charge in [-0.05, 0) is 42.0 Å². The average Bonchev–Trinajstić information content (AvgIpc) is 3.06. The van der Waals surface area contributed by atoms with E-state index >= 15 is 0 Å². The zero-order valence-corrected chi connectivity index (χ0v) is 16.8. The topological polar surface area (TPSA) is 119 Å². The summed E-state index contributed by atoms with van der Waals surface area (Å²) in [6.45, 7) is 0.318. The Bertz CT molecular complexity index is 1300. The van der Waals surface area contributed by atoms with Gasteiger partial charge in [-0.2, -0.15) is 8.42 Å². The lowest BCUT2D eigenvalue weighted by Gasteiger charge is -2.10. The zero-order chi connectivity index (χ0) is 22.0. The molecule has 156 valence electrons. The summed E-state index contributed by atoms with van der Waals surface area (Å²) in [6.07, 6.45) is 0. The molecule has 1 aliphatic heterocycles. The van der Waals surface area contributed by atoms with Crippen molar-refractivity contribution < 1.29 is 27.0 Å². The van der Waals surface area contributed by atoms with E-state index in [1.54, 1.807) is 0 Å². The van der Waals surface area contributed by atoms with Gasteiger partial charge >= 0.3 is 10.1 Å². The van der Waals surface area contributed by atoms with Crippen LogP contribution in [0.25, 0.3) is 0 Å². The van der Waals surface area contributed by atoms with Gasteiger partial charge < -0.3 is 9.50 Å². The largest absolute Gasteiger partial charge is 0.379 e. The molecule has 31 heavy (non-hydrogen) atoms. The molecule has 3 amide bonds. The minimum absolute atomic E-state index is 0.0382. The number of carbonyl (C=O) groups excluding carboxylic acids is 3. The quantitative estimate of drug-likeness (QED) is 0.452. The lowest BCUT2D eigenvalue weighted by Crippen LogP contribution is -2.22. The molecule has 0 bridgehead atoms. The molecular weight excluding hydrogens is 420 g/mol. The Labute approximate surface area is 178 Å². The van der Waals surface area contributed by atoms with Gasteiger partial charge in [0.1, 0.15) is 10.6 Å². The Balaban J connectivity index is 1.50. The van der Waals surface area contributed by atoms with Crippen molar-refractivity contribution in [3.8, 4) is 5.75 Å². The third kappa shape index (κ3) is 4.31. The van der Waals surface area contributed by atoms with Crippen LogP contribution in [0.5, 0.6) is 5.75 Å². The van der Waals surface area contributed by atoms with Crippen molar-refractivity contribution in [3.05, 3.63) is 95.1 Å². The lowest BCUT2D eigenvalue weighted by molar-refractivity contribution is 0.0877. The van der Waals surface area contributed by atoms with Gasteiger partial charge in [-0.25, -0.2) is 0 Å². The summed E-state index contributed by atoms with van der Waals surface area (Å²) in [4.78, 5) is 35.5. The van der Waals surface area contributed by atoms with Crippen LogP contribution in [-0.2, 0) is 16.7 Å². The highest BCUT2D eigenvalue weighted by Gasteiger charge is 2.29. The predicted molar refractivity (Wildman–Crippen MR) is 110 cm³/mol. The summed E-state index contributed by atoms with van der Waals surface area (Å²) >= 11 is 0. The molecule has 0 atom stereocenters. The number of amides is 3. The van der Waals surface area contributed by atoms with Crippen molar-refractivity contribution in [1.29, 1.82) is 0 Å². The van der Waals surface area contributed by atoms with E-state index in [1.807, 2.05) is 30.3 Å². The molecule has 0 radical (unpaired) electrons. The van der Waals surface area contributed by atoms with Crippen LogP contribution in [0, 0.1) is 0 Å². The first-order valence-electron chi connectivity index (χ1n) is 9.20. The van der Waals surface area contributed by atoms with Crippen LogP contribution < -0.4 is 14.8 Å². The number of imide groups is 1. The fraction of sp³-hybridized carbons (Fsp3) is 0.0455. The Morgan fingerprint density at radius 2 is 1.61 bits per heavy atom. The molecule has 0 saturated carbocycles. The summed E-state index contributed by atoms with van der Waals surface area (Å²) < 4.78 is 30.4. The molecular formula is C22H16N2O6S. The van der Waals surface area contributed by atoms with Crippen LogP contribution in [0.1, 0.15) is 36.6 Å². The van der Waals surface area contributed by atoms with Gasteiger partial charge in [0.15, 0.2) is 0 Å². The SMILES string of the molecule is O=C(NCc1ccccc1)c1cccc(OS(=O)(=O)c2ccc3c(c2)C(=O)NC3=O)c1. The number of nitrogens with one attached hydrogen (secondary N) is 2. The van der Waals surface area contributed by atoms with Crippen molar-refractivity contribution in [2.45, 2.75) is 11.4 Å². The maximum Gasteiger partial charge on any atom is 0.339 e. The third-order valence-electron chi connectivity index (χ3n) is 4.59. The number of hydrogen-bond donors (Lipinski definition) is 2. The first-order chi connectivity index (χ1) is 14.8. The molecule has 0 unspecified atom stereocenters. The van der Waals surface area contributed by atoms with Crippen molar-refractivity contribution in [2.24, 2.45) is 0 Å². The van der Waals surface area contributed by atoms with E-state index < -0.39 is 21.9 Å². The summed E-state index contributed by atoms with van der Waals surface area (Å²) in [7, 11) is -4.30. The van der Waals surface area contributed by atoms with E-state index in [-0.39, 0.29) is 33.2 Å². The molecule has 0 spiro atoms. The number of hydrogen-bond acceptors (Lipinski definition) is 6. The number of benzene rings is 3. The second kappa shape index (κ2) is 8.04. The summed E-state index contributed by atoms with van der Waals surface area (Å²) in [6, 6.07) is 18.6. The number of fused-ring (bicyclic) bond motifs is 1. The van der Waals surface area contributed by atoms with Gasteiger partial charge in [0.05, 0.1) is 11.1 Å². The van der Waals surface area contributed by atoms with Crippen LogP contribution >= 0.6 is 0 Å². The van der Waals surface area contributed by atoms with Gasteiger partial charge in [-0.15, -0.1) is 0 Å². The van der Waals surface area contributed by atoms with Gasteiger partial charge in [0, 0.05) is 12.1 Å². The van der Waals surface area contributed by atoms with E-state index in [0.717, 1.165) is 11.6 Å². The van der Waals surface area contributed by atoms with Crippen molar-refractivity contribution in [3.63, 3.8) is 0 Å². The molecule has 9 heteroatoms. The van der Waals surface area contributed by atoms with Crippen molar-refractivity contribution >= 4 is 27.8 Å². The molecule has 0 aromatic heterocycles. The second-order valence-electron chi connectivity index (χ2n) is 6.72. The maximum absolute atomic E-state index is 12.6. The molecule has 0 saturated heterocycles. The third-order valence-corrected chi connectivity index (χ3v) is 5.84. The highest BCUT2D eigenvalue weighted by atomic mass is 32.2. The first kappa shape index (κ1) is 20.3. The fourth-order valence-corrected chi connectivity index (χ4v) is 4.00. The van der Waals surface area contributed by atoms with Crippen LogP contribution in [0.2, 0.25) is 0 Å². The van der Waals surface area contributed by atoms with Gasteiger partial charge in [-0.3, -0.25) is 19.7 Å². The smallest absolute Gasteiger partial charge is 0.339 e. The fourth-order valence-electron chi connectivity index (χ4n) is 3.05. The molecule has 1 aliphatic rings. The van der Waals surface area contributed by atoms with E-state index in [2.05, 4.69) is 10.6 Å². The van der Waals surface area contributed by atoms with Gasteiger partial charge in [0.2, 0.25) is 0 Å². The highest BCUT2D eigenvalue weighted by Crippen LogP contribution is 2.24. The van der Waals surface area contributed by atoms with Crippen molar-refractivity contribution in [2.75, 3.05) is 0 Å². The minimum atomic E-state index is -4.30. The summed E-state index contributed by atoms with van der Waals surface area (Å²) in [5.41, 5.74) is 1.21. The Morgan fingerprint density at radius 1 is 0.871 bits per heavy atom. The van der Waals surface area contributed by atoms with E-state index in [0.29, 0.717) is 6.54 Å². The van der Waals surface area contributed by atoms with Gasteiger partial charge in [-0.1, -0.05) is 36.4 Å². The molecule has 4 rings (SSSR count). The lowest BCUT2D eigenvalue weighted by atomic mass is 10.1.